The van der Waals surface area contributed by atoms with Gasteiger partial charge in [0.2, 0.25) is 3.79 Å². The number of hydrogen-bond acceptors (Lipinski definition) is 3. The van der Waals surface area contributed by atoms with Crippen LogP contribution >= 0.6 is 34.8 Å². The molecule has 0 bridgehead atoms. The van der Waals surface area contributed by atoms with Crippen LogP contribution < -0.4 is 11.3 Å². The number of nitrogens with two attached hydrogens (primary N) is 1. The summed E-state index contributed by atoms with van der Waals surface area (Å²) in [6.45, 7) is 0. The fourth-order valence-corrected chi connectivity index (χ4v) is 0.837. The van der Waals surface area contributed by atoms with Gasteiger partial charge in [-0.15, -0.1) is 0 Å². The minimum Gasteiger partial charge on any atom is -0.393 e. The fraction of sp³-hybridized carbons (Fsp3) is 0.200. The Bertz CT molecular complexity index is 343. The van der Waals surface area contributed by atoms with Crippen molar-refractivity contribution in [2.24, 2.45) is 0 Å². The SMILES string of the molecule is Nc1cnc(C(Cl)(Cl)Cl)[nH]c1=O. The molecule has 12 heavy (non-hydrogen) atoms. The van der Waals surface area contributed by atoms with Gasteiger partial charge in [0, 0.05) is 0 Å². The number of nitrogen functional groups attached to an aromatic ring is 1. The molecule has 1 heterocycles. The number of alkyl halides is 3. The number of hydrogen-bond donors (Lipinski definition) is 2. The van der Waals surface area contributed by atoms with Crippen LogP contribution in [0.4, 0.5) is 5.69 Å². The van der Waals surface area contributed by atoms with Crippen LogP contribution in [0.2, 0.25) is 0 Å². The van der Waals surface area contributed by atoms with Crippen molar-refractivity contribution in [1.82, 2.24) is 9.97 Å². The lowest BCUT2D eigenvalue weighted by Gasteiger charge is -2.08. The highest BCUT2D eigenvalue weighted by atomic mass is 35.6. The number of anilines is 1. The highest BCUT2D eigenvalue weighted by Crippen LogP contribution is 2.34. The molecule has 0 atom stereocenters. The maximum Gasteiger partial charge on any atom is 0.274 e. The van der Waals surface area contributed by atoms with E-state index in [0.717, 1.165) is 6.20 Å². The van der Waals surface area contributed by atoms with Gasteiger partial charge < -0.3 is 10.7 Å². The van der Waals surface area contributed by atoms with Crippen LogP contribution in [0, 0.1) is 0 Å². The first kappa shape index (κ1) is 9.64. The highest BCUT2D eigenvalue weighted by Gasteiger charge is 2.25. The molecule has 0 unspecified atom stereocenters. The molecule has 4 nitrogen and oxygen atoms in total. The monoisotopic (exact) mass is 227 g/mol. The lowest BCUT2D eigenvalue weighted by atomic mass is 10.5. The van der Waals surface area contributed by atoms with Crippen molar-refractivity contribution in [3.8, 4) is 0 Å². The summed E-state index contributed by atoms with van der Waals surface area (Å²) in [6.07, 6.45) is 1.13. The Balaban J connectivity index is 3.23. The predicted molar refractivity (Wildman–Crippen MR) is 48.5 cm³/mol. The molecular weight excluding hydrogens is 224 g/mol. The zero-order chi connectivity index (χ0) is 9.35. The van der Waals surface area contributed by atoms with Crippen LogP contribution in [0.25, 0.3) is 0 Å². The van der Waals surface area contributed by atoms with Crippen LogP contribution in [-0.4, -0.2) is 9.97 Å². The smallest absolute Gasteiger partial charge is 0.274 e. The largest absolute Gasteiger partial charge is 0.393 e. The van der Waals surface area contributed by atoms with Crippen molar-refractivity contribution in [3.63, 3.8) is 0 Å². The number of halogens is 3. The van der Waals surface area contributed by atoms with Gasteiger partial charge in [-0.25, -0.2) is 4.98 Å². The second-order valence-corrected chi connectivity index (χ2v) is 4.30. The predicted octanol–water partition coefficient (Wildman–Crippen LogP) is 1.18. The molecule has 0 saturated carbocycles. The van der Waals surface area contributed by atoms with Crippen molar-refractivity contribution in [2.75, 3.05) is 5.73 Å². The molecule has 1 rings (SSSR count). The third-order valence-electron chi connectivity index (χ3n) is 1.10. The Morgan fingerprint density at radius 3 is 2.50 bits per heavy atom. The van der Waals surface area contributed by atoms with Crippen molar-refractivity contribution in [1.29, 1.82) is 0 Å². The minimum atomic E-state index is -1.73. The van der Waals surface area contributed by atoms with Gasteiger partial charge in [0.1, 0.15) is 5.69 Å². The van der Waals surface area contributed by atoms with Gasteiger partial charge in [-0.05, 0) is 0 Å². The van der Waals surface area contributed by atoms with Gasteiger partial charge in [0.05, 0.1) is 6.20 Å². The molecule has 0 aliphatic heterocycles. The van der Waals surface area contributed by atoms with Crippen molar-refractivity contribution in [3.05, 3.63) is 22.4 Å². The normalized spacial score (nSPS) is 11.6. The van der Waals surface area contributed by atoms with E-state index in [1.807, 2.05) is 0 Å². The van der Waals surface area contributed by atoms with E-state index in [1.165, 1.54) is 0 Å². The zero-order valence-electron chi connectivity index (χ0n) is 5.64. The van der Waals surface area contributed by atoms with Crippen molar-refractivity contribution in [2.45, 2.75) is 3.79 Å². The van der Waals surface area contributed by atoms with Gasteiger partial charge in [0.15, 0.2) is 5.82 Å². The van der Waals surface area contributed by atoms with E-state index in [0.29, 0.717) is 0 Å². The first-order valence-corrected chi connectivity index (χ1v) is 3.96. The quantitative estimate of drug-likeness (QED) is 0.655. The molecule has 0 aromatic carbocycles. The molecule has 0 spiro atoms. The second kappa shape index (κ2) is 3.12. The maximum atomic E-state index is 10.9. The minimum absolute atomic E-state index is 0.0204. The van der Waals surface area contributed by atoms with Crippen LogP contribution in [0.5, 0.6) is 0 Å². The summed E-state index contributed by atoms with van der Waals surface area (Å²) in [5.41, 5.74) is 4.65. The van der Waals surface area contributed by atoms with E-state index >= 15 is 0 Å². The number of H-pyrrole nitrogens is 1. The molecule has 1 aromatic rings. The van der Waals surface area contributed by atoms with Gasteiger partial charge in [-0.2, -0.15) is 0 Å². The molecule has 7 heteroatoms. The van der Waals surface area contributed by atoms with E-state index < -0.39 is 9.35 Å². The molecule has 66 valence electrons. The van der Waals surface area contributed by atoms with Gasteiger partial charge >= 0.3 is 0 Å². The first-order valence-electron chi connectivity index (χ1n) is 2.83. The van der Waals surface area contributed by atoms with E-state index in [4.69, 9.17) is 40.5 Å². The third kappa shape index (κ3) is 2.03. The fourth-order valence-electron chi connectivity index (χ4n) is 0.549. The van der Waals surface area contributed by atoms with Crippen molar-refractivity contribution >= 4 is 40.5 Å². The van der Waals surface area contributed by atoms with E-state index in [2.05, 4.69) is 9.97 Å². The van der Waals surface area contributed by atoms with Gasteiger partial charge in [0.25, 0.3) is 5.56 Å². The maximum absolute atomic E-state index is 10.9. The summed E-state index contributed by atoms with van der Waals surface area (Å²) in [5.74, 6) is -0.0494. The second-order valence-electron chi connectivity index (χ2n) is 2.01. The average Bonchev–Trinajstić information content (AvgIpc) is 1.92. The topological polar surface area (TPSA) is 71.8 Å². The molecule has 0 amide bonds. The van der Waals surface area contributed by atoms with Crippen LogP contribution in [0.1, 0.15) is 5.82 Å². The molecule has 1 aromatic heterocycles. The Hall–Kier alpha value is -0.450. The Labute approximate surface area is 82.6 Å². The summed E-state index contributed by atoms with van der Waals surface area (Å²) in [7, 11) is 0. The lowest BCUT2D eigenvalue weighted by Crippen LogP contribution is -2.19. The number of rotatable bonds is 0. The molecule has 0 aliphatic carbocycles. The first-order chi connectivity index (χ1) is 5.41. The van der Waals surface area contributed by atoms with E-state index in [9.17, 15) is 4.79 Å². The Morgan fingerprint density at radius 2 is 2.08 bits per heavy atom. The zero-order valence-corrected chi connectivity index (χ0v) is 7.91. The molecule has 0 saturated heterocycles. The molecule has 3 N–H and O–H groups in total. The lowest BCUT2D eigenvalue weighted by molar-refractivity contribution is 0.950. The van der Waals surface area contributed by atoms with Crippen molar-refractivity contribution < 1.29 is 0 Å². The van der Waals surface area contributed by atoms with E-state index in [-0.39, 0.29) is 11.5 Å². The summed E-state index contributed by atoms with van der Waals surface area (Å²) >= 11 is 16.3. The van der Waals surface area contributed by atoms with Gasteiger partial charge in [-0.1, -0.05) is 34.8 Å². The third-order valence-corrected chi connectivity index (χ3v) is 1.63. The number of nitrogens with zero attached hydrogens (tertiary/aromatic N) is 1. The van der Waals surface area contributed by atoms with Crippen LogP contribution in [0.3, 0.4) is 0 Å². The van der Waals surface area contributed by atoms with Gasteiger partial charge in [-0.3, -0.25) is 4.79 Å². The molecule has 0 aliphatic rings. The highest BCUT2D eigenvalue weighted by molar-refractivity contribution is 6.66. The summed E-state index contributed by atoms with van der Waals surface area (Å²) in [4.78, 5) is 16.8. The number of nitrogens with one attached hydrogen (secondary N) is 1. The molecular formula is C5H4Cl3N3O. The number of aromatic nitrogens is 2. The summed E-state index contributed by atoms with van der Waals surface area (Å²) < 4.78 is -1.73. The summed E-state index contributed by atoms with van der Waals surface area (Å²) in [6, 6.07) is 0. The number of aromatic amines is 1. The van der Waals surface area contributed by atoms with Crippen LogP contribution in [-0.2, 0) is 3.79 Å². The average molecular weight is 228 g/mol. The summed E-state index contributed by atoms with van der Waals surface area (Å²) in [5, 5.41) is 0. The Morgan fingerprint density at radius 1 is 1.50 bits per heavy atom. The van der Waals surface area contributed by atoms with E-state index in [1.54, 1.807) is 0 Å². The van der Waals surface area contributed by atoms with Crippen LogP contribution in [0.15, 0.2) is 11.0 Å². The Kier molecular flexibility index (Phi) is 2.51. The standard InChI is InChI=1S/C5H4Cl3N3O/c6-5(7,8)4-10-1-2(9)3(12)11-4/h1H,9H2,(H,10,11,12). The molecule has 0 radical (unpaired) electrons. The molecule has 0 fully saturated rings.